The third kappa shape index (κ3) is 3.13. The van der Waals surface area contributed by atoms with Gasteiger partial charge in [-0.3, -0.25) is 4.90 Å². The maximum absolute atomic E-state index is 11.8. The number of carbonyl (C=O) groups is 1. The zero-order valence-electron chi connectivity index (χ0n) is 10.9. The predicted molar refractivity (Wildman–Crippen MR) is 71.8 cm³/mol. The fourth-order valence-electron chi connectivity index (χ4n) is 1.84. The topological polar surface area (TPSA) is 29.5 Å². The van der Waals surface area contributed by atoms with Crippen molar-refractivity contribution in [2.45, 2.75) is 26.8 Å². The highest BCUT2D eigenvalue weighted by Crippen LogP contribution is 2.19. The molecule has 1 heterocycles. The number of hydrogen-bond acceptors (Lipinski definition) is 2. The second-order valence-corrected chi connectivity index (χ2v) is 4.94. The van der Waals surface area contributed by atoms with Crippen LogP contribution < -0.4 is 0 Å². The average Bonchev–Trinajstić information content (AvgIpc) is 2.37. The summed E-state index contributed by atoms with van der Waals surface area (Å²) < 4.78 is 5.24. The lowest BCUT2D eigenvalue weighted by atomic mass is 10.1. The van der Waals surface area contributed by atoms with Gasteiger partial charge in [0.05, 0.1) is 13.2 Å². The molecule has 0 bridgehead atoms. The van der Waals surface area contributed by atoms with Crippen LogP contribution in [-0.2, 0) is 11.3 Å². The van der Waals surface area contributed by atoms with Gasteiger partial charge in [-0.1, -0.05) is 38.1 Å². The number of rotatable bonds is 3. The number of carbonyl (C=O) groups excluding carboxylic acids is 1. The lowest BCUT2D eigenvalue weighted by molar-refractivity contribution is 0.110. The lowest BCUT2D eigenvalue weighted by Gasteiger charge is -2.23. The van der Waals surface area contributed by atoms with Crippen LogP contribution in [0.3, 0.4) is 0 Å². The lowest BCUT2D eigenvalue weighted by Crippen LogP contribution is -2.28. The molecule has 0 radical (unpaired) electrons. The molecule has 1 aromatic rings. The molecule has 2 rings (SSSR count). The summed E-state index contributed by atoms with van der Waals surface area (Å²) in [5.41, 5.74) is 2.32. The number of benzene rings is 1. The van der Waals surface area contributed by atoms with Crippen molar-refractivity contribution < 1.29 is 9.53 Å². The van der Waals surface area contributed by atoms with Gasteiger partial charge in [0.25, 0.3) is 0 Å². The SMILES string of the molecule is CC(C)CCOC(=O)N1C=Cc2ccccc2C1. The second-order valence-electron chi connectivity index (χ2n) is 4.94. The molecule has 0 atom stereocenters. The van der Waals surface area contributed by atoms with Crippen LogP contribution in [0.15, 0.2) is 30.5 Å². The molecule has 0 fully saturated rings. The highest BCUT2D eigenvalue weighted by Gasteiger charge is 2.17. The van der Waals surface area contributed by atoms with Crippen molar-refractivity contribution in [2.24, 2.45) is 5.92 Å². The van der Waals surface area contributed by atoms with Crippen molar-refractivity contribution in [3.63, 3.8) is 0 Å². The molecule has 0 aromatic heterocycles. The standard InChI is InChI=1S/C15H19NO2/c1-12(2)8-10-18-15(17)16-9-7-13-5-3-4-6-14(13)11-16/h3-7,9,12H,8,10-11H2,1-2H3. The van der Waals surface area contributed by atoms with E-state index in [1.165, 1.54) is 5.56 Å². The van der Waals surface area contributed by atoms with E-state index in [1.54, 1.807) is 11.1 Å². The Morgan fingerprint density at radius 2 is 2.17 bits per heavy atom. The monoisotopic (exact) mass is 245 g/mol. The molecule has 0 aliphatic carbocycles. The smallest absolute Gasteiger partial charge is 0.414 e. The molecule has 0 N–H and O–H groups in total. The van der Waals surface area contributed by atoms with Gasteiger partial charge in [0.2, 0.25) is 0 Å². The first kappa shape index (κ1) is 12.7. The molecule has 0 spiro atoms. The second kappa shape index (κ2) is 5.71. The molecular formula is C15H19NO2. The number of ether oxygens (including phenoxy) is 1. The summed E-state index contributed by atoms with van der Waals surface area (Å²) in [6.45, 7) is 5.31. The molecule has 0 unspecified atom stereocenters. The van der Waals surface area contributed by atoms with Crippen LogP contribution in [0.2, 0.25) is 0 Å². The molecule has 0 saturated carbocycles. The van der Waals surface area contributed by atoms with Crippen molar-refractivity contribution >= 4 is 12.2 Å². The molecule has 96 valence electrons. The van der Waals surface area contributed by atoms with E-state index < -0.39 is 0 Å². The summed E-state index contributed by atoms with van der Waals surface area (Å²) in [5, 5.41) is 0. The first-order valence-corrected chi connectivity index (χ1v) is 6.36. The molecule has 3 nitrogen and oxygen atoms in total. The molecule has 18 heavy (non-hydrogen) atoms. The van der Waals surface area contributed by atoms with Gasteiger partial charge in [0.15, 0.2) is 0 Å². The van der Waals surface area contributed by atoms with Crippen molar-refractivity contribution in [2.75, 3.05) is 6.61 Å². The van der Waals surface area contributed by atoms with Crippen LogP contribution in [-0.4, -0.2) is 17.6 Å². The highest BCUT2D eigenvalue weighted by molar-refractivity contribution is 5.72. The first-order valence-electron chi connectivity index (χ1n) is 6.36. The van der Waals surface area contributed by atoms with E-state index in [4.69, 9.17) is 4.74 Å². The first-order chi connectivity index (χ1) is 8.66. The van der Waals surface area contributed by atoms with Gasteiger partial charge in [-0.25, -0.2) is 4.79 Å². The van der Waals surface area contributed by atoms with Crippen molar-refractivity contribution in [1.82, 2.24) is 4.90 Å². The van der Waals surface area contributed by atoms with Crippen LogP contribution in [0, 0.1) is 5.92 Å². The fourth-order valence-corrected chi connectivity index (χ4v) is 1.84. The third-order valence-electron chi connectivity index (χ3n) is 2.99. The fraction of sp³-hybridized carbons (Fsp3) is 0.400. The molecule has 0 saturated heterocycles. The van der Waals surface area contributed by atoms with E-state index in [0.29, 0.717) is 19.1 Å². The van der Waals surface area contributed by atoms with Crippen LogP contribution in [0.1, 0.15) is 31.4 Å². The van der Waals surface area contributed by atoms with Crippen LogP contribution in [0.25, 0.3) is 6.08 Å². The quantitative estimate of drug-likeness (QED) is 0.813. The maximum atomic E-state index is 11.8. The maximum Gasteiger partial charge on any atom is 0.414 e. The van der Waals surface area contributed by atoms with Crippen LogP contribution in [0.4, 0.5) is 4.79 Å². The molecule has 1 amide bonds. The van der Waals surface area contributed by atoms with Crippen molar-refractivity contribution in [1.29, 1.82) is 0 Å². The highest BCUT2D eigenvalue weighted by atomic mass is 16.6. The Kier molecular flexibility index (Phi) is 4.03. The van der Waals surface area contributed by atoms with Gasteiger partial charge in [0.1, 0.15) is 0 Å². The van der Waals surface area contributed by atoms with Crippen LogP contribution >= 0.6 is 0 Å². The minimum Gasteiger partial charge on any atom is -0.449 e. The van der Waals surface area contributed by atoms with E-state index in [1.807, 2.05) is 30.3 Å². The van der Waals surface area contributed by atoms with E-state index in [9.17, 15) is 4.79 Å². The number of fused-ring (bicyclic) bond motifs is 1. The summed E-state index contributed by atoms with van der Waals surface area (Å²) in [6, 6.07) is 8.07. The summed E-state index contributed by atoms with van der Waals surface area (Å²) in [6.07, 6.45) is 4.38. The van der Waals surface area contributed by atoms with Gasteiger partial charge < -0.3 is 4.74 Å². The third-order valence-corrected chi connectivity index (χ3v) is 2.99. The van der Waals surface area contributed by atoms with E-state index in [2.05, 4.69) is 13.8 Å². The molecule has 1 aromatic carbocycles. The van der Waals surface area contributed by atoms with Gasteiger partial charge in [-0.15, -0.1) is 0 Å². The minimum atomic E-state index is -0.263. The zero-order chi connectivity index (χ0) is 13.0. The summed E-state index contributed by atoms with van der Waals surface area (Å²) in [5.74, 6) is 0.551. The molecule has 3 heteroatoms. The molecule has 1 aliphatic heterocycles. The van der Waals surface area contributed by atoms with E-state index in [-0.39, 0.29) is 6.09 Å². The zero-order valence-corrected chi connectivity index (χ0v) is 10.9. The summed E-state index contributed by atoms with van der Waals surface area (Å²) in [4.78, 5) is 13.5. The number of hydrogen-bond donors (Lipinski definition) is 0. The normalized spacial score (nSPS) is 13.6. The van der Waals surface area contributed by atoms with Crippen molar-refractivity contribution in [3.05, 3.63) is 41.6 Å². The predicted octanol–water partition coefficient (Wildman–Crippen LogP) is 3.66. The van der Waals surface area contributed by atoms with Crippen LogP contribution in [0.5, 0.6) is 0 Å². The van der Waals surface area contributed by atoms with E-state index in [0.717, 1.165) is 12.0 Å². The Morgan fingerprint density at radius 1 is 1.39 bits per heavy atom. The van der Waals surface area contributed by atoms with E-state index >= 15 is 0 Å². The average molecular weight is 245 g/mol. The molecule has 1 aliphatic rings. The largest absolute Gasteiger partial charge is 0.449 e. The Labute approximate surface area is 108 Å². The summed E-state index contributed by atoms with van der Waals surface area (Å²) in [7, 11) is 0. The Bertz CT molecular complexity index is 452. The van der Waals surface area contributed by atoms with Crippen molar-refractivity contribution in [3.8, 4) is 0 Å². The van der Waals surface area contributed by atoms with Gasteiger partial charge in [0, 0.05) is 6.20 Å². The van der Waals surface area contributed by atoms with Gasteiger partial charge in [-0.05, 0) is 29.5 Å². The Balaban J connectivity index is 1.91. The Morgan fingerprint density at radius 3 is 2.94 bits per heavy atom. The Hall–Kier alpha value is -1.77. The van der Waals surface area contributed by atoms with Gasteiger partial charge in [-0.2, -0.15) is 0 Å². The number of amides is 1. The minimum absolute atomic E-state index is 0.263. The summed E-state index contributed by atoms with van der Waals surface area (Å²) >= 11 is 0. The van der Waals surface area contributed by atoms with Gasteiger partial charge >= 0.3 is 6.09 Å². The number of nitrogens with zero attached hydrogens (tertiary/aromatic N) is 1. The molecular weight excluding hydrogens is 226 g/mol.